The van der Waals surface area contributed by atoms with Gasteiger partial charge in [0.15, 0.2) is 11.5 Å². The number of nitrogens with one attached hydrogen (secondary N) is 2. The first-order valence-electron chi connectivity index (χ1n) is 17.8. The zero-order valence-electron chi connectivity index (χ0n) is 29.8. The third-order valence-electron chi connectivity index (χ3n) is 9.24. The Morgan fingerprint density at radius 3 is 2.56 bits per heavy atom. The van der Waals surface area contributed by atoms with Gasteiger partial charge in [-0.3, -0.25) is 10.1 Å². The lowest BCUT2D eigenvalue weighted by Crippen LogP contribution is -2.31. The average Bonchev–Trinajstić information content (AvgIpc) is 3.12. The molecule has 1 aliphatic rings. The second-order valence-electron chi connectivity index (χ2n) is 13.2. The molecule has 1 aliphatic heterocycles. The number of benzene rings is 4. The van der Waals surface area contributed by atoms with Crippen molar-refractivity contribution in [3.05, 3.63) is 82.9 Å². The molecule has 5 rings (SSSR count). The molecule has 10 nitrogen and oxygen atoms in total. The highest BCUT2D eigenvalue weighted by molar-refractivity contribution is 8.76. The summed E-state index contributed by atoms with van der Waals surface area (Å²) in [6.45, 7) is 1.19. The molecular weight excluding hydrogens is 701 g/mol. The largest absolute Gasteiger partial charge is 0.508 e. The van der Waals surface area contributed by atoms with E-state index in [0.29, 0.717) is 68.0 Å². The van der Waals surface area contributed by atoms with E-state index in [2.05, 4.69) is 10.6 Å². The standard InChI is InChI=1S/C40H50N2O8S2/c1-41-22-25-17-28(19-32(47)18-25)40(42-15-3-4-16-43)50-33-12-11-31(46)23-51-52-24-36-34(13-7-26-5-9-30(45)21-35(26)36)38-27(6-10-29(44)20-33)8-14-37(48)39(38)49-2/h5,7-9,13-14,17-19,21,31,33,40-43,45-48H,3-4,6,10-12,15-16,20,22-24H2,1-2H3. The molecule has 0 bridgehead atoms. The Morgan fingerprint density at radius 2 is 1.77 bits per heavy atom. The molecule has 0 aliphatic carbocycles. The summed E-state index contributed by atoms with van der Waals surface area (Å²) in [7, 11) is 6.51. The first-order valence-corrected chi connectivity index (χ1v) is 20.2. The van der Waals surface area contributed by atoms with Crippen LogP contribution >= 0.6 is 21.6 Å². The minimum absolute atomic E-state index is 0.00935. The van der Waals surface area contributed by atoms with Crippen molar-refractivity contribution in [1.82, 2.24) is 10.6 Å². The molecule has 0 amide bonds. The fourth-order valence-electron chi connectivity index (χ4n) is 6.68. The maximum absolute atomic E-state index is 13.8. The van der Waals surface area contributed by atoms with Crippen LogP contribution in [0.4, 0.5) is 0 Å². The molecule has 7 N–H and O–H groups in total. The van der Waals surface area contributed by atoms with Gasteiger partial charge >= 0.3 is 0 Å². The van der Waals surface area contributed by atoms with Crippen molar-refractivity contribution in [2.75, 3.05) is 33.1 Å². The van der Waals surface area contributed by atoms with Gasteiger partial charge in [0, 0.05) is 43.1 Å². The first kappa shape index (κ1) is 39.7. The van der Waals surface area contributed by atoms with Crippen molar-refractivity contribution in [1.29, 1.82) is 0 Å². The molecule has 0 radical (unpaired) electrons. The summed E-state index contributed by atoms with van der Waals surface area (Å²) in [5, 5.41) is 60.7. The van der Waals surface area contributed by atoms with Gasteiger partial charge in [0.2, 0.25) is 0 Å². The normalized spacial score (nSPS) is 18.1. The number of aliphatic hydroxyl groups excluding tert-OH is 2. The highest BCUT2D eigenvalue weighted by Gasteiger charge is 2.25. The minimum atomic E-state index is -0.639. The first-order chi connectivity index (χ1) is 25.2. The predicted octanol–water partition coefficient (Wildman–Crippen LogP) is 6.73. The van der Waals surface area contributed by atoms with Crippen LogP contribution in [0.1, 0.15) is 67.0 Å². The second kappa shape index (κ2) is 19.5. The fraction of sp³-hybridized carbons (Fsp3) is 0.425. The summed E-state index contributed by atoms with van der Waals surface area (Å²) in [6.07, 6.45) is 1.15. The van der Waals surface area contributed by atoms with Gasteiger partial charge in [-0.05, 0) is 115 Å². The maximum atomic E-state index is 13.8. The molecule has 52 heavy (non-hydrogen) atoms. The van der Waals surface area contributed by atoms with Gasteiger partial charge in [-0.15, -0.1) is 0 Å². The number of rotatable bonds is 11. The fourth-order valence-corrected chi connectivity index (χ4v) is 8.98. The molecule has 0 spiro atoms. The van der Waals surface area contributed by atoms with Crippen molar-refractivity contribution >= 4 is 38.1 Å². The summed E-state index contributed by atoms with van der Waals surface area (Å²) < 4.78 is 12.4. The molecule has 0 fully saturated rings. The van der Waals surface area contributed by atoms with Gasteiger partial charge in [0.05, 0.1) is 19.3 Å². The summed E-state index contributed by atoms with van der Waals surface area (Å²) in [5.41, 5.74) is 4.96. The Labute approximate surface area is 313 Å². The Balaban J connectivity index is 1.48. The van der Waals surface area contributed by atoms with Crippen LogP contribution in [0.2, 0.25) is 0 Å². The molecule has 12 heteroatoms. The van der Waals surface area contributed by atoms with Gasteiger partial charge in [0.1, 0.15) is 23.5 Å². The number of carbonyl (C=O) groups excluding carboxylic acids is 1. The van der Waals surface area contributed by atoms with Crippen LogP contribution in [0.3, 0.4) is 0 Å². The number of phenolic OH excluding ortho intramolecular Hbond substituents is 3. The summed E-state index contributed by atoms with van der Waals surface area (Å²) >= 11 is 0. The van der Waals surface area contributed by atoms with Crippen LogP contribution in [0.15, 0.2) is 60.7 Å². The van der Waals surface area contributed by atoms with Gasteiger partial charge in [-0.1, -0.05) is 51.9 Å². The minimum Gasteiger partial charge on any atom is -0.508 e. The van der Waals surface area contributed by atoms with Gasteiger partial charge in [-0.2, -0.15) is 0 Å². The highest BCUT2D eigenvalue weighted by atomic mass is 33.1. The second-order valence-corrected chi connectivity index (χ2v) is 15.7. The number of ketones is 1. The Hall–Kier alpha value is -3.49. The third kappa shape index (κ3) is 10.6. The van der Waals surface area contributed by atoms with E-state index in [1.54, 1.807) is 51.9 Å². The molecular formula is C40H50N2O8S2. The molecule has 0 saturated heterocycles. The van der Waals surface area contributed by atoms with E-state index in [1.807, 2.05) is 37.4 Å². The van der Waals surface area contributed by atoms with Crippen LogP contribution in [0.25, 0.3) is 21.9 Å². The zero-order valence-corrected chi connectivity index (χ0v) is 31.4. The lowest BCUT2D eigenvalue weighted by atomic mass is 9.89. The number of phenols is 3. The Morgan fingerprint density at radius 1 is 0.942 bits per heavy atom. The van der Waals surface area contributed by atoms with Crippen LogP contribution in [-0.4, -0.2) is 76.6 Å². The number of fused-ring (bicyclic) bond motifs is 5. The van der Waals surface area contributed by atoms with E-state index < -0.39 is 18.4 Å². The van der Waals surface area contributed by atoms with E-state index >= 15 is 0 Å². The number of Topliss-reactive ketones (excluding diaryl/α,β-unsaturated/α-hetero) is 1. The van der Waals surface area contributed by atoms with Gasteiger partial charge < -0.3 is 40.3 Å². The Kier molecular flexibility index (Phi) is 14.9. The molecule has 3 atom stereocenters. The molecule has 3 unspecified atom stereocenters. The highest BCUT2D eigenvalue weighted by Crippen LogP contribution is 2.45. The number of aryl methyl sites for hydroxylation is 1. The number of aliphatic hydroxyl groups is 2. The van der Waals surface area contributed by atoms with Crippen LogP contribution in [-0.2, 0) is 28.2 Å². The number of methoxy groups -OCH3 is 1. The zero-order chi connectivity index (χ0) is 37.0. The average molecular weight is 751 g/mol. The SMILES string of the molecule is CNCc1cc(O)cc(C(NCCCCO)OC2CCC(O)CSSCc3c(ccc4ccc(O)cc34)-c3c(ccc(O)c3OC)CCC(=O)C2)c1. The number of carbonyl (C=O) groups is 1. The quantitative estimate of drug-likeness (QED) is 0.0493. The lowest BCUT2D eigenvalue weighted by Gasteiger charge is -2.27. The molecule has 280 valence electrons. The molecule has 4 aromatic carbocycles. The Bertz CT molecular complexity index is 1810. The lowest BCUT2D eigenvalue weighted by molar-refractivity contribution is -0.124. The molecule has 4 aromatic rings. The smallest absolute Gasteiger partial charge is 0.168 e. The summed E-state index contributed by atoms with van der Waals surface area (Å²) in [4.78, 5) is 13.8. The van der Waals surface area contributed by atoms with Crippen molar-refractivity contribution in [2.24, 2.45) is 0 Å². The van der Waals surface area contributed by atoms with Crippen molar-refractivity contribution in [2.45, 2.75) is 75.7 Å². The number of hydrogen-bond donors (Lipinski definition) is 7. The van der Waals surface area contributed by atoms with Gasteiger partial charge in [0.25, 0.3) is 0 Å². The van der Waals surface area contributed by atoms with Crippen molar-refractivity contribution in [3.63, 3.8) is 0 Å². The van der Waals surface area contributed by atoms with E-state index in [-0.39, 0.29) is 42.5 Å². The number of aromatic hydroxyl groups is 3. The van der Waals surface area contributed by atoms with Crippen molar-refractivity contribution < 1.29 is 39.8 Å². The number of hydrogen-bond acceptors (Lipinski definition) is 12. The monoisotopic (exact) mass is 750 g/mol. The van der Waals surface area contributed by atoms with Gasteiger partial charge in [-0.25, -0.2) is 0 Å². The van der Waals surface area contributed by atoms with Crippen LogP contribution < -0.4 is 15.4 Å². The van der Waals surface area contributed by atoms with E-state index in [9.17, 15) is 30.3 Å². The van der Waals surface area contributed by atoms with E-state index in [4.69, 9.17) is 9.47 Å². The molecule has 0 aromatic heterocycles. The third-order valence-corrected chi connectivity index (χ3v) is 11.6. The van der Waals surface area contributed by atoms with Crippen LogP contribution in [0, 0.1) is 0 Å². The topological polar surface area (TPSA) is 161 Å². The van der Waals surface area contributed by atoms with E-state index in [0.717, 1.165) is 38.6 Å². The van der Waals surface area contributed by atoms with Crippen molar-refractivity contribution in [3.8, 4) is 34.1 Å². The summed E-state index contributed by atoms with van der Waals surface area (Å²) in [6, 6.07) is 18.0. The van der Waals surface area contributed by atoms with Crippen LogP contribution in [0.5, 0.6) is 23.0 Å². The predicted molar refractivity (Wildman–Crippen MR) is 209 cm³/mol. The maximum Gasteiger partial charge on any atom is 0.168 e. The summed E-state index contributed by atoms with van der Waals surface area (Å²) in [5.74, 6) is 1.57. The van der Waals surface area contributed by atoms with E-state index in [1.165, 1.54) is 7.11 Å². The molecule has 1 heterocycles. The number of ether oxygens (including phenoxy) is 2. The number of unbranched alkanes of at least 4 members (excludes halogenated alkanes) is 1. The molecule has 0 saturated carbocycles.